The van der Waals surface area contributed by atoms with E-state index in [1.807, 2.05) is 6.07 Å². The third kappa shape index (κ3) is 2.96. The van der Waals surface area contributed by atoms with E-state index in [9.17, 15) is 0 Å². The van der Waals surface area contributed by atoms with E-state index < -0.39 is 0 Å². The van der Waals surface area contributed by atoms with Crippen LogP contribution in [0.2, 0.25) is 0 Å². The Hall–Kier alpha value is -1.12. The van der Waals surface area contributed by atoms with Crippen molar-refractivity contribution in [3.8, 4) is 0 Å². The third-order valence-electron chi connectivity index (χ3n) is 3.76. The predicted octanol–water partition coefficient (Wildman–Crippen LogP) is 3.48. The molecular formula is C14H23N3. The van der Waals surface area contributed by atoms with Crippen LogP contribution in [-0.4, -0.2) is 9.97 Å². The highest BCUT2D eigenvalue weighted by atomic mass is 15.0. The lowest BCUT2D eigenvalue weighted by Crippen LogP contribution is -2.15. The average Bonchev–Trinajstić information content (AvgIpc) is 2.29. The first-order chi connectivity index (χ1) is 8.06. The summed E-state index contributed by atoms with van der Waals surface area (Å²) in [4.78, 5) is 9.12. The third-order valence-corrected chi connectivity index (χ3v) is 3.76. The molecule has 1 saturated carbocycles. The maximum absolute atomic E-state index is 5.88. The maximum Gasteiger partial charge on any atom is 0.134 e. The number of nitrogens with zero attached hydrogens (tertiary/aromatic N) is 2. The number of nitrogen functional groups attached to an aromatic ring is 1. The van der Waals surface area contributed by atoms with Crippen molar-refractivity contribution in [1.82, 2.24) is 9.97 Å². The smallest absolute Gasteiger partial charge is 0.134 e. The van der Waals surface area contributed by atoms with E-state index in [0.717, 1.165) is 17.4 Å². The zero-order valence-electron chi connectivity index (χ0n) is 11.1. The summed E-state index contributed by atoms with van der Waals surface area (Å²) in [6.07, 6.45) is 5.00. The lowest BCUT2D eigenvalue weighted by Gasteiger charge is -2.25. The lowest BCUT2D eigenvalue weighted by atomic mass is 9.82. The Balaban J connectivity index is 2.20. The molecule has 1 aromatic heterocycles. The van der Waals surface area contributed by atoms with E-state index in [1.165, 1.54) is 25.7 Å². The maximum atomic E-state index is 5.88. The molecule has 0 bridgehead atoms. The zero-order chi connectivity index (χ0) is 12.4. The molecule has 94 valence electrons. The van der Waals surface area contributed by atoms with E-state index in [2.05, 4.69) is 25.8 Å². The molecule has 2 N–H and O–H groups in total. The van der Waals surface area contributed by atoms with Crippen LogP contribution in [0.15, 0.2) is 6.07 Å². The van der Waals surface area contributed by atoms with E-state index >= 15 is 0 Å². The van der Waals surface area contributed by atoms with Gasteiger partial charge in [-0.2, -0.15) is 0 Å². The van der Waals surface area contributed by atoms with E-state index in [-0.39, 0.29) is 0 Å². The first-order valence-electron chi connectivity index (χ1n) is 6.70. The van der Waals surface area contributed by atoms with Crippen molar-refractivity contribution < 1.29 is 0 Å². The largest absolute Gasteiger partial charge is 0.384 e. The van der Waals surface area contributed by atoms with Crippen LogP contribution in [-0.2, 0) is 0 Å². The minimum Gasteiger partial charge on any atom is -0.384 e. The van der Waals surface area contributed by atoms with Crippen molar-refractivity contribution in [2.45, 2.75) is 58.3 Å². The predicted molar refractivity (Wildman–Crippen MR) is 70.9 cm³/mol. The molecule has 3 heteroatoms. The molecule has 0 aliphatic heterocycles. The number of hydrogen-bond acceptors (Lipinski definition) is 3. The van der Waals surface area contributed by atoms with Crippen LogP contribution in [0.4, 0.5) is 5.82 Å². The Bertz CT molecular complexity index is 379. The second-order valence-corrected chi connectivity index (χ2v) is 5.69. The standard InChI is InChI=1S/C14H23N3/c1-9(2)12-8-13(15)17-14(16-12)11-6-4-10(3)5-7-11/h8-11H,4-7H2,1-3H3,(H2,15,16,17). The number of hydrogen-bond donors (Lipinski definition) is 1. The minimum atomic E-state index is 0.418. The van der Waals surface area contributed by atoms with Crippen LogP contribution in [0.1, 0.15) is 69.8 Å². The molecule has 1 fully saturated rings. The summed E-state index contributed by atoms with van der Waals surface area (Å²) < 4.78 is 0. The molecule has 3 nitrogen and oxygen atoms in total. The number of rotatable bonds is 2. The average molecular weight is 233 g/mol. The van der Waals surface area contributed by atoms with Crippen LogP contribution in [0, 0.1) is 5.92 Å². The molecule has 0 unspecified atom stereocenters. The van der Waals surface area contributed by atoms with Gasteiger partial charge < -0.3 is 5.73 Å². The molecule has 17 heavy (non-hydrogen) atoms. The SMILES string of the molecule is CC1CCC(c2nc(N)cc(C(C)C)n2)CC1. The zero-order valence-corrected chi connectivity index (χ0v) is 11.1. The summed E-state index contributed by atoms with van der Waals surface area (Å²) in [5, 5.41) is 0. The van der Waals surface area contributed by atoms with Gasteiger partial charge in [-0.3, -0.25) is 0 Å². The van der Waals surface area contributed by atoms with Crippen molar-refractivity contribution in [2.75, 3.05) is 5.73 Å². The fourth-order valence-corrected chi connectivity index (χ4v) is 2.50. The van der Waals surface area contributed by atoms with Crippen LogP contribution in [0.3, 0.4) is 0 Å². The quantitative estimate of drug-likeness (QED) is 0.850. The molecule has 1 aromatic rings. The van der Waals surface area contributed by atoms with Gasteiger partial charge in [0, 0.05) is 17.7 Å². The van der Waals surface area contributed by atoms with E-state index in [1.54, 1.807) is 0 Å². The monoisotopic (exact) mass is 233 g/mol. The Morgan fingerprint density at radius 2 is 1.82 bits per heavy atom. The summed E-state index contributed by atoms with van der Waals surface area (Å²) in [6, 6.07) is 1.90. The number of anilines is 1. The summed E-state index contributed by atoms with van der Waals surface area (Å²) in [5.41, 5.74) is 6.96. The summed E-state index contributed by atoms with van der Waals surface area (Å²) >= 11 is 0. The topological polar surface area (TPSA) is 51.8 Å². The van der Waals surface area contributed by atoms with Crippen molar-refractivity contribution in [3.05, 3.63) is 17.6 Å². The van der Waals surface area contributed by atoms with E-state index in [0.29, 0.717) is 17.7 Å². The summed E-state index contributed by atoms with van der Waals surface area (Å²) in [5.74, 6) is 3.39. The van der Waals surface area contributed by atoms with Gasteiger partial charge in [-0.05, 0) is 24.7 Å². The molecule has 1 heterocycles. The minimum absolute atomic E-state index is 0.418. The van der Waals surface area contributed by atoms with Crippen molar-refractivity contribution in [3.63, 3.8) is 0 Å². The number of nitrogens with two attached hydrogens (primary N) is 1. The highest BCUT2D eigenvalue weighted by Gasteiger charge is 2.22. The van der Waals surface area contributed by atoms with Gasteiger partial charge in [0.2, 0.25) is 0 Å². The molecule has 0 amide bonds. The molecule has 2 rings (SSSR count). The van der Waals surface area contributed by atoms with Crippen LogP contribution in [0.5, 0.6) is 0 Å². The van der Waals surface area contributed by atoms with Gasteiger partial charge in [0.25, 0.3) is 0 Å². The normalized spacial score (nSPS) is 25.2. The Kier molecular flexibility index (Phi) is 3.65. The van der Waals surface area contributed by atoms with Gasteiger partial charge >= 0.3 is 0 Å². The van der Waals surface area contributed by atoms with Crippen LogP contribution >= 0.6 is 0 Å². The number of aromatic nitrogens is 2. The van der Waals surface area contributed by atoms with Gasteiger partial charge in [0.05, 0.1) is 0 Å². The van der Waals surface area contributed by atoms with Gasteiger partial charge in [-0.1, -0.05) is 33.6 Å². The van der Waals surface area contributed by atoms with E-state index in [4.69, 9.17) is 10.7 Å². The molecular weight excluding hydrogens is 210 g/mol. The van der Waals surface area contributed by atoms with Crippen molar-refractivity contribution in [2.24, 2.45) is 5.92 Å². The first kappa shape index (κ1) is 12.3. The molecule has 0 spiro atoms. The van der Waals surface area contributed by atoms with Crippen molar-refractivity contribution in [1.29, 1.82) is 0 Å². The molecule has 0 atom stereocenters. The van der Waals surface area contributed by atoms with Gasteiger partial charge in [0.1, 0.15) is 11.6 Å². The molecule has 0 saturated heterocycles. The second kappa shape index (κ2) is 5.03. The lowest BCUT2D eigenvalue weighted by molar-refractivity contribution is 0.339. The summed E-state index contributed by atoms with van der Waals surface area (Å²) in [7, 11) is 0. The fourth-order valence-electron chi connectivity index (χ4n) is 2.50. The molecule has 1 aliphatic carbocycles. The second-order valence-electron chi connectivity index (χ2n) is 5.69. The van der Waals surface area contributed by atoms with Crippen LogP contribution < -0.4 is 5.73 Å². The molecule has 0 radical (unpaired) electrons. The fraction of sp³-hybridized carbons (Fsp3) is 0.714. The van der Waals surface area contributed by atoms with Gasteiger partial charge in [-0.15, -0.1) is 0 Å². The Labute approximate surface area is 104 Å². The summed E-state index contributed by atoms with van der Waals surface area (Å²) in [6.45, 7) is 6.62. The highest BCUT2D eigenvalue weighted by molar-refractivity contribution is 5.31. The highest BCUT2D eigenvalue weighted by Crippen LogP contribution is 2.34. The first-order valence-corrected chi connectivity index (χ1v) is 6.70. The Morgan fingerprint density at radius 3 is 2.41 bits per heavy atom. The van der Waals surface area contributed by atoms with Crippen LogP contribution in [0.25, 0.3) is 0 Å². The van der Waals surface area contributed by atoms with Gasteiger partial charge in [-0.25, -0.2) is 9.97 Å². The molecule has 1 aliphatic rings. The Morgan fingerprint density at radius 1 is 1.18 bits per heavy atom. The van der Waals surface area contributed by atoms with Crippen molar-refractivity contribution >= 4 is 5.82 Å². The van der Waals surface area contributed by atoms with Gasteiger partial charge in [0.15, 0.2) is 0 Å². The molecule has 0 aromatic carbocycles.